The summed E-state index contributed by atoms with van der Waals surface area (Å²) in [6.45, 7) is 2.40. The van der Waals surface area contributed by atoms with E-state index in [1.165, 1.54) is 6.20 Å². The molecule has 1 aromatic carbocycles. The van der Waals surface area contributed by atoms with Crippen molar-refractivity contribution in [2.75, 3.05) is 11.5 Å². The van der Waals surface area contributed by atoms with Gasteiger partial charge in [-0.3, -0.25) is 14.7 Å². The molecular weight excluding hydrogens is 276 g/mol. The summed E-state index contributed by atoms with van der Waals surface area (Å²) in [7, 11) is 0. The van der Waals surface area contributed by atoms with Gasteiger partial charge in [-0.25, -0.2) is 0 Å². The van der Waals surface area contributed by atoms with Crippen LogP contribution in [-0.4, -0.2) is 23.5 Å². The summed E-state index contributed by atoms with van der Waals surface area (Å²) in [5, 5.41) is 0.498. The molecule has 0 spiro atoms. The fourth-order valence-electron chi connectivity index (χ4n) is 2.26. The van der Waals surface area contributed by atoms with Crippen LogP contribution in [-0.2, 0) is 0 Å². The zero-order valence-electron chi connectivity index (χ0n) is 10.9. The van der Waals surface area contributed by atoms with E-state index in [2.05, 4.69) is 4.98 Å². The van der Waals surface area contributed by atoms with Crippen LogP contribution in [0, 0.1) is 0 Å². The van der Waals surface area contributed by atoms with Gasteiger partial charge in [-0.1, -0.05) is 23.7 Å². The van der Waals surface area contributed by atoms with Gasteiger partial charge < -0.3 is 4.74 Å². The van der Waals surface area contributed by atoms with E-state index in [1.807, 2.05) is 31.2 Å². The Hall–Kier alpha value is -2.07. The van der Waals surface area contributed by atoms with E-state index in [0.717, 1.165) is 5.69 Å². The Morgan fingerprint density at radius 3 is 3.00 bits per heavy atom. The molecule has 102 valence electrons. The fourth-order valence-corrected chi connectivity index (χ4v) is 2.41. The molecule has 1 aliphatic rings. The highest BCUT2D eigenvalue weighted by molar-refractivity contribution is 6.31. The van der Waals surface area contributed by atoms with Crippen molar-refractivity contribution < 1.29 is 9.53 Å². The van der Waals surface area contributed by atoms with Crippen LogP contribution in [0.1, 0.15) is 17.4 Å². The van der Waals surface area contributed by atoms with Gasteiger partial charge in [-0.15, -0.1) is 0 Å². The molecule has 1 amide bonds. The molecule has 3 rings (SSSR count). The minimum atomic E-state index is -0.171. The number of carbonyl (C=O) groups is 1. The Balaban J connectivity index is 2.03. The number of halogens is 1. The summed E-state index contributed by atoms with van der Waals surface area (Å²) < 4.78 is 5.64. The summed E-state index contributed by atoms with van der Waals surface area (Å²) in [5.74, 6) is 0.539. The molecule has 1 atom stereocenters. The maximum Gasteiger partial charge on any atom is 0.277 e. The number of para-hydroxylation sites is 2. The average molecular weight is 289 g/mol. The van der Waals surface area contributed by atoms with E-state index in [0.29, 0.717) is 23.1 Å². The third-order valence-corrected chi connectivity index (χ3v) is 3.44. The molecule has 0 saturated heterocycles. The van der Waals surface area contributed by atoms with Crippen LogP contribution < -0.4 is 9.64 Å². The van der Waals surface area contributed by atoms with Crippen LogP contribution in [0.15, 0.2) is 42.6 Å². The molecule has 0 saturated carbocycles. The Kier molecular flexibility index (Phi) is 3.32. The van der Waals surface area contributed by atoms with E-state index < -0.39 is 0 Å². The van der Waals surface area contributed by atoms with Crippen molar-refractivity contribution in [3.8, 4) is 5.75 Å². The van der Waals surface area contributed by atoms with Gasteiger partial charge in [0.1, 0.15) is 18.1 Å². The number of benzene rings is 1. The summed E-state index contributed by atoms with van der Waals surface area (Å²) in [4.78, 5) is 18.5. The van der Waals surface area contributed by atoms with E-state index >= 15 is 0 Å². The molecule has 2 aromatic rings. The second-order valence-electron chi connectivity index (χ2n) is 4.66. The smallest absolute Gasteiger partial charge is 0.277 e. The average Bonchev–Trinajstić information content (AvgIpc) is 2.46. The molecule has 5 heteroatoms. The van der Waals surface area contributed by atoms with Crippen molar-refractivity contribution in [1.29, 1.82) is 0 Å². The molecule has 0 bridgehead atoms. The first-order chi connectivity index (χ1) is 9.66. The van der Waals surface area contributed by atoms with Crippen LogP contribution in [0.5, 0.6) is 5.75 Å². The van der Waals surface area contributed by atoms with Gasteiger partial charge in [0.2, 0.25) is 0 Å². The first-order valence-corrected chi connectivity index (χ1v) is 6.71. The number of carbonyl (C=O) groups excluding carboxylic acids is 1. The van der Waals surface area contributed by atoms with Crippen LogP contribution in [0.25, 0.3) is 0 Å². The number of aromatic nitrogens is 1. The fraction of sp³-hybridized carbons (Fsp3) is 0.200. The van der Waals surface area contributed by atoms with Crippen molar-refractivity contribution in [3.05, 3.63) is 53.3 Å². The third-order valence-electron chi connectivity index (χ3n) is 3.21. The zero-order chi connectivity index (χ0) is 14.1. The molecule has 4 nitrogen and oxygen atoms in total. The molecule has 0 aliphatic carbocycles. The summed E-state index contributed by atoms with van der Waals surface area (Å²) in [6.07, 6.45) is 1.53. The summed E-state index contributed by atoms with van der Waals surface area (Å²) >= 11 is 5.93. The van der Waals surface area contributed by atoms with E-state index in [4.69, 9.17) is 16.3 Å². The lowest BCUT2D eigenvalue weighted by molar-refractivity contribution is 0.0956. The largest absolute Gasteiger partial charge is 0.489 e. The van der Waals surface area contributed by atoms with Gasteiger partial charge in [0.05, 0.1) is 11.7 Å². The number of ether oxygens (including phenoxy) is 1. The Bertz CT molecular complexity index is 660. The lowest BCUT2D eigenvalue weighted by atomic mass is 10.1. The highest BCUT2D eigenvalue weighted by atomic mass is 35.5. The Labute approximate surface area is 122 Å². The van der Waals surface area contributed by atoms with E-state index in [-0.39, 0.29) is 11.9 Å². The molecule has 0 radical (unpaired) electrons. The van der Waals surface area contributed by atoms with Gasteiger partial charge in [0, 0.05) is 11.2 Å². The van der Waals surface area contributed by atoms with Gasteiger partial charge in [-0.05, 0) is 31.2 Å². The van der Waals surface area contributed by atoms with Gasteiger partial charge >= 0.3 is 0 Å². The predicted octanol–water partition coefficient (Wildman–Crippen LogP) is 3.16. The topological polar surface area (TPSA) is 42.4 Å². The molecule has 1 aromatic heterocycles. The normalized spacial score (nSPS) is 17.3. The SMILES string of the molecule is CC1COc2ccccc2N1C(=O)c1cc(Cl)ccn1. The number of hydrogen-bond acceptors (Lipinski definition) is 3. The van der Waals surface area contributed by atoms with Crippen LogP contribution >= 0.6 is 11.6 Å². The van der Waals surface area contributed by atoms with Crippen LogP contribution in [0.4, 0.5) is 5.69 Å². The predicted molar refractivity (Wildman–Crippen MR) is 77.5 cm³/mol. The van der Waals surface area contributed by atoms with Crippen molar-refractivity contribution in [2.45, 2.75) is 13.0 Å². The number of amides is 1. The molecule has 0 fully saturated rings. The molecule has 2 heterocycles. The van der Waals surface area contributed by atoms with Crippen molar-refractivity contribution in [1.82, 2.24) is 4.98 Å². The summed E-state index contributed by atoms with van der Waals surface area (Å²) in [5.41, 5.74) is 1.10. The third kappa shape index (κ3) is 2.23. The first-order valence-electron chi connectivity index (χ1n) is 6.34. The number of pyridine rings is 1. The van der Waals surface area contributed by atoms with Gasteiger partial charge in [0.25, 0.3) is 5.91 Å². The standard InChI is InChI=1S/C15H13ClN2O2/c1-10-9-20-14-5-3-2-4-13(14)18(10)15(19)12-8-11(16)6-7-17-12/h2-8,10H,9H2,1H3. The Morgan fingerprint density at radius 2 is 2.20 bits per heavy atom. The summed E-state index contributed by atoms with van der Waals surface area (Å²) in [6, 6.07) is 10.7. The maximum atomic E-state index is 12.7. The number of anilines is 1. The van der Waals surface area contributed by atoms with Crippen LogP contribution in [0.2, 0.25) is 5.02 Å². The van der Waals surface area contributed by atoms with E-state index in [9.17, 15) is 4.79 Å². The molecule has 1 aliphatic heterocycles. The second-order valence-corrected chi connectivity index (χ2v) is 5.10. The van der Waals surface area contributed by atoms with Gasteiger partial charge in [0.15, 0.2) is 0 Å². The molecule has 1 unspecified atom stereocenters. The first kappa shape index (κ1) is 12.9. The minimum absolute atomic E-state index is 0.0572. The highest BCUT2D eigenvalue weighted by Crippen LogP contribution is 2.34. The van der Waals surface area contributed by atoms with Crippen molar-refractivity contribution in [2.24, 2.45) is 0 Å². The molecular formula is C15H13ClN2O2. The number of nitrogens with zero attached hydrogens (tertiary/aromatic N) is 2. The molecule has 20 heavy (non-hydrogen) atoms. The second kappa shape index (κ2) is 5.13. The zero-order valence-corrected chi connectivity index (χ0v) is 11.7. The monoisotopic (exact) mass is 288 g/mol. The lowest BCUT2D eigenvalue weighted by Crippen LogP contribution is -2.45. The Morgan fingerprint density at radius 1 is 1.40 bits per heavy atom. The minimum Gasteiger partial charge on any atom is -0.489 e. The van der Waals surface area contributed by atoms with Gasteiger partial charge in [-0.2, -0.15) is 0 Å². The maximum absolute atomic E-state index is 12.7. The highest BCUT2D eigenvalue weighted by Gasteiger charge is 2.30. The quantitative estimate of drug-likeness (QED) is 0.809. The van der Waals surface area contributed by atoms with Crippen molar-refractivity contribution >= 4 is 23.2 Å². The lowest BCUT2D eigenvalue weighted by Gasteiger charge is -2.34. The number of fused-ring (bicyclic) bond motifs is 1. The number of rotatable bonds is 1. The number of hydrogen-bond donors (Lipinski definition) is 0. The molecule has 0 N–H and O–H groups in total. The van der Waals surface area contributed by atoms with Crippen LogP contribution in [0.3, 0.4) is 0 Å². The van der Waals surface area contributed by atoms with E-state index in [1.54, 1.807) is 17.0 Å². The van der Waals surface area contributed by atoms with Crippen molar-refractivity contribution in [3.63, 3.8) is 0 Å².